The van der Waals surface area contributed by atoms with Gasteiger partial charge >= 0.3 is 0 Å². The van der Waals surface area contributed by atoms with E-state index in [1.165, 1.54) is 5.56 Å². The van der Waals surface area contributed by atoms with Crippen LogP contribution in [0.1, 0.15) is 51.3 Å². The SMILES string of the molecule is CCOc1ccc(C(C)NC)cc1COCCC(C)C. The predicted molar refractivity (Wildman–Crippen MR) is 84.2 cm³/mol. The van der Waals surface area contributed by atoms with Crippen molar-refractivity contribution in [1.29, 1.82) is 0 Å². The molecule has 0 saturated heterocycles. The van der Waals surface area contributed by atoms with Gasteiger partial charge in [0.2, 0.25) is 0 Å². The highest BCUT2D eigenvalue weighted by molar-refractivity contribution is 5.38. The Morgan fingerprint density at radius 1 is 1.20 bits per heavy atom. The summed E-state index contributed by atoms with van der Waals surface area (Å²) in [5.74, 6) is 1.61. The molecule has 1 N–H and O–H groups in total. The van der Waals surface area contributed by atoms with Gasteiger partial charge in [0.15, 0.2) is 0 Å². The number of benzene rings is 1. The molecule has 20 heavy (non-hydrogen) atoms. The zero-order chi connectivity index (χ0) is 15.0. The molecule has 0 saturated carbocycles. The zero-order valence-electron chi connectivity index (χ0n) is 13.5. The second-order valence-corrected chi connectivity index (χ2v) is 5.55. The lowest BCUT2D eigenvalue weighted by Gasteiger charge is -2.16. The highest BCUT2D eigenvalue weighted by Gasteiger charge is 2.09. The smallest absolute Gasteiger partial charge is 0.124 e. The fourth-order valence-electron chi connectivity index (χ4n) is 1.95. The van der Waals surface area contributed by atoms with E-state index in [-0.39, 0.29) is 0 Å². The number of ether oxygens (including phenoxy) is 2. The van der Waals surface area contributed by atoms with Crippen molar-refractivity contribution in [2.75, 3.05) is 20.3 Å². The lowest BCUT2D eigenvalue weighted by Crippen LogP contribution is -2.13. The Morgan fingerprint density at radius 2 is 1.95 bits per heavy atom. The van der Waals surface area contributed by atoms with Gasteiger partial charge in [-0.05, 0) is 50.9 Å². The summed E-state index contributed by atoms with van der Waals surface area (Å²) < 4.78 is 11.5. The number of hydrogen-bond acceptors (Lipinski definition) is 3. The summed E-state index contributed by atoms with van der Waals surface area (Å²) in [5.41, 5.74) is 2.40. The van der Waals surface area contributed by atoms with E-state index in [1.54, 1.807) is 0 Å². The minimum absolute atomic E-state index is 0.333. The topological polar surface area (TPSA) is 30.5 Å². The Morgan fingerprint density at radius 3 is 2.55 bits per heavy atom. The van der Waals surface area contributed by atoms with Crippen LogP contribution in [-0.4, -0.2) is 20.3 Å². The molecule has 1 unspecified atom stereocenters. The van der Waals surface area contributed by atoms with Crippen LogP contribution in [0, 0.1) is 5.92 Å². The van der Waals surface area contributed by atoms with Crippen molar-refractivity contribution in [3.63, 3.8) is 0 Å². The molecule has 3 nitrogen and oxygen atoms in total. The second kappa shape index (κ2) is 8.98. The monoisotopic (exact) mass is 279 g/mol. The maximum absolute atomic E-state index is 5.79. The first-order valence-corrected chi connectivity index (χ1v) is 7.59. The molecular formula is C17H29NO2. The van der Waals surface area contributed by atoms with Crippen LogP contribution in [0.2, 0.25) is 0 Å². The van der Waals surface area contributed by atoms with Crippen LogP contribution in [-0.2, 0) is 11.3 Å². The molecule has 0 aliphatic heterocycles. The van der Waals surface area contributed by atoms with Crippen molar-refractivity contribution in [3.8, 4) is 5.75 Å². The summed E-state index contributed by atoms with van der Waals surface area (Å²) in [6.45, 7) is 10.7. The maximum atomic E-state index is 5.79. The van der Waals surface area contributed by atoms with E-state index in [1.807, 2.05) is 20.0 Å². The second-order valence-electron chi connectivity index (χ2n) is 5.55. The number of hydrogen-bond donors (Lipinski definition) is 1. The van der Waals surface area contributed by atoms with Gasteiger partial charge in [-0.15, -0.1) is 0 Å². The fourth-order valence-corrected chi connectivity index (χ4v) is 1.95. The standard InChI is InChI=1S/C17H29NO2/c1-6-20-17-8-7-15(14(4)18-5)11-16(17)12-19-10-9-13(2)3/h7-8,11,13-14,18H,6,9-10,12H2,1-5H3. The van der Waals surface area contributed by atoms with Crippen LogP contribution in [0.3, 0.4) is 0 Å². The number of nitrogens with one attached hydrogen (secondary N) is 1. The third kappa shape index (κ3) is 5.51. The lowest BCUT2D eigenvalue weighted by atomic mass is 10.0. The van der Waals surface area contributed by atoms with Gasteiger partial charge in [0.1, 0.15) is 5.75 Å². The van der Waals surface area contributed by atoms with Gasteiger partial charge in [0.25, 0.3) is 0 Å². The van der Waals surface area contributed by atoms with Crippen LogP contribution in [0.4, 0.5) is 0 Å². The minimum atomic E-state index is 0.333. The van der Waals surface area contributed by atoms with Crippen molar-refractivity contribution in [3.05, 3.63) is 29.3 Å². The average Bonchev–Trinajstić information content (AvgIpc) is 2.44. The molecular weight excluding hydrogens is 250 g/mol. The highest BCUT2D eigenvalue weighted by Crippen LogP contribution is 2.24. The van der Waals surface area contributed by atoms with Gasteiger partial charge in [-0.2, -0.15) is 0 Å². The summed E-state index contributed by atoms with van der Waals surface area (Å²) in [6.07, 6.45) is 1.09. The summed E-state index contributed by atoms with van der Waals surface area (Å²) in [6, 6.07) is 6.68. The molecule has 1 rings (SSSR count). The fraction of sp³-hybridized carbons (Fsp3) is 0.647. The van der Waals surface area contributed by atoms with E-state index in [2.05, 4.69) is 38.2 Å². The molecule has 0 spiro atoms. The molecule has 0 heterocycles. The average molecular weight is 279 g/mol. The van der Waals surface area contributed by atoms with E-state index in [4.69, 9.17) is 9.47 Å². The van der Waals surface area contributed by atoms with Gasteiger partial charge in [0.05, 0.1) is 13.2 Å². The van der Waals surface area contributed by atoms with Gasteiger partial charge in [0, 0.05) is 18.2 Å². The first-order chi connectivity index (χ1) is 9.58. The first kappa shape index (κ1) is 17.0. The van der Waals surface area contributed by atoms with Crippen LogP contribution in [0.5, 0.6) is 5.75 Å². The quantitative estimate of drug-likeness (QED) is 0.695. The van der Waals surface area contributed by atoms with Crippen molar-refractivity contribution in [2.24, 2.45) is 5.92 Å². The summed E-state index contributed by atoms with van der Waals surface area (Å²) in [4.78, 5) is 0. The molecule has 0 aliphatic carbocycles. The third-order valence-electron chi connectivity index (χ3n) is 3.41. The molecule has 0 fully saturated rings. The van der Waals surface area contributed by atoms with Crippen molar-refractivity contribution >= 4 is 0 Å². The molecule has 114 valence electrons. The highest BCUT2D eigenvalue weighted by atomic mass is 16.5. The van der Waals surface area contributed by atoms with Gasteiger partial charge in [-0.1, -0.05) is 19.9 Å². The van der Waals surface area contributed by atoms with E-state index in [0.29, 0.717) is 25.2 Å². The van der Waals surface area contributed by atoms with Crippen LogP contribution < -0.4 is 10.1 Å². The summed E-state index contributed by atoms with van der Waals surface area (Å²) in [5, 5.41) is 3.26. The van der Waals surface area contributed by atoms with Crippen molar-refractivity contribution < 1.29 is 9.47 Å². The first-order valence-electron chi connectivity index (χ1n) is 7.59. The molecule has 0 radical (unpaired) electrons. The summed E-state index contributed by atoms with van der Waals surface area (Å²) >= 11 is 0. The van der Waals surface area contributed by atoms with E-state index in [9.17, 15) is 0 Å². The molecule has 1 aromatic rings. The Labute approximate surface area is 123 Å². The Bertz CT molecular complexity index is 391. The van der Waals surface area contributed by atoms with Crippen LogP contribution >= 0.6 is 0 Å². The van der Waals surface area contributed by atoms with Gasteiger partial charge in [-0.25, -0.2) is 0 Å². The largest absolute Gasteiger partial charge is 0.494 e. The lowest BCUT2D eigenvalue weighted by molar-refractivity contribution is 0.108. The molecule has 0 aliphatic rings. The predicted octanol–water partition coefficient (Wildman–Crippen LogP) is 3.93. The van der Waals surface area contributed by atoms with Gasteiger partial charge < -0.3 is 14.8 Å². The van der Waals surface area contributed by atoms with Crippen LogP contribution in [0.25, 0.3) is 0 Å². The Kier molecular flexibility index (Phi) is 7.63. The Hall–Kier alpha value is -1.06. The van der Waals surface area contributed by atoms with E-state index >= 15 is 0 Å². The summed E-state index contributed by atoms with van der Waals surface area (Å²) in [7, 11) is 1.97. The van der Waals surface area contributed by atoms with Crippen molar-refractivity contribution in [1.82, 2.24) is 5.32 Å². The molecule has 0 amide bonds. The normalized spacial score (nSPS) is 12.7. The molecule has 0 aromatic heterocycles. The number of rotatable bonds is 9. The molecule has 1 aromatic carbocycles. The minimum Gasteiger partial charge on any atom is -0.494 e. The molecule has 0 bridgehead atoms. The molecule has 3 heteroatoms. The maximum Gasteiger partial charge on any atom is 0.124 e. The van der Waals surface area contributed by atoms with Crippen molar-refractivity contribution in [2.45, 2.75) is 46.8 Å². The third-order valence-corrected chi connectivity index (χ3v) is 3.41. The Balaban J connectivity index is 2.72. The van der Waals surface area contributed by atoms with Crippen LogP contribution in [0.15, 0.2) is 18.2 Å². The molecule has 1 atom stereocenters. The zero-order valence-corrected chi connectivity index (χ0v) is 13.5. The van der Waals surface area contributed by atoms with E-state index < -0.39 is 0 Å². The van der Waals surface area contributed by atoms with E-state index in [0.717, 1.165) is 24.3 Å². The van der Waals surface area contributed by atoms with Gasteiger partial charge in [-0.3, -0.25) is 0 Å².